The summed E-state index contributed by atoms with van der Waals surface area (Å²) in [4.78, 5) is 10.8. The van der Waals surface area contributed by atoms with Gasteiger partial charge in [0.15, 0.2) is 0 Å². The summed E-state index contributed by atoms with van der Waals surface area (Å²) in [7, 11) is 0. The van der Waals surface area contributed by atoms with Gasteiger partial charge in [-0.3, -0.25) is 4.79 Å². The highest BCUT2D eigenvalue weighted by molar-refractivity contribution is 5.74. The van der Waals surface area contributed by atoms with Crippen LogP contribution in [-0.4, -0.2) is 23.9 Å². The SMILES string of the molecule is CC(=O)NC(NNc1ccccc1)(C(F)(F)F)C(F)(F)F. The average Bonchev–Trinajstić information content (AvgIpc) is 2.32. The van der Waals surface area contributed by atoms with Gasteiger partial charge in [-0.2, -0.15) is 31.8 Å². The highest BCUT2D eigenvalue weighted by atomic mass is 19.4. The van der Waals surface area contributed by atoms with Gasteiger partial charge in [-0.1, -0.05) is 18.2 Å². The summed E-state index contributed by atoms with van der Waals surface area (Å²) in [6, 6.07) is 6.84. The monoisotopic (exact) mass is 315 g/mol. The van der Waals surface area contributed by atoms with Crippen LogP contribution in [0.3, 0.4) is 0 Å². The number of carbonyl (C=O) groups is 1. The van der Waals surface area contributed by atoms with E-state index in [1.54, 1.807) is 5.43 Å². The molecule has 0 aliphatic heterocycles. The first-order chi connectivity index (χ1) is 9.49. The second-order valence-electron chi connectivity index (χ2n) is 4.04. The van der Waals surface area contributed by atoms with E-state index in [1.165, 1.54) is 30.3 Å². The Labute approximate surface area is 115 Å². The van der Waals surface area contributed by atoms with Crippen molar-refractivity contribution in [1.82, 2.24) is 10.7 Å². The molecular weight excluding hydrogens is 304 g/mol. The van der Waals surface area contributed by atoms with Gasteiger partial charge in [0.1, 0.15) is 0 Å². The number of hydrogen-bond donors (Lipinski definition) is 3. The highest BCUT2D eigenvalue weighted by Crippen LogP contribution is 2.41. The fraction of sp³-hybridized carbons (Fsp3) is 0.364. The maximum atomic E-state index is 12.9. The molecule has 0 unspecified atom stereocenters. The second-order valence-corrected chi connectivity index (χ2v) is 4.04. The Hall–Kier alpha value is -1.97. The minimum absolute atomic E-state index is 0.0410. The van der Waals surface area contributed by atoms with E-state index in [0.717, 1.165) is 10.7 Å². The fourth-order valence-electron chi connectivity index (χ4n) is 1.43. The van der Waals surface area contributed by atoms with Crippen LogP contribution in [0, 0.1) is 0 Å². The molecule has 10 heteroatoms. The lowest BCUT2D eigenvalue weighted by Gasteiger charge is -2.38. The zero-order chi connectivity index (χ0) is 16.3. The van der Waals surface area contributed by atoms with Crippen LogP contribution in [0.25, 0.3) is 0 Å². The molecule has 0 saturated carbocycles. The smallest absolute Gasteiger partial charge is 0.322 e. The van der Waals surface area contributed by atoms with E-state index in [9.17, 15) is 31.1 Å². The largest absolute Gasteiger partial charge is 0.436 e. The number of benzene rings is 1. The number of rotatable bonds is 4. The van der Waals surface area contributed by atoms with Gasteiger partial charge in [0.2, 0.25) is 5.91 Å². The Morgan fingerprint density at radius 3 is 1.81 bits per heavy atom. The van der Waals surface area contributed by atoms with Gasteiger partial charge in [0.25, 0.3) is 0 Å². The first kappa shape index (κ1) is 17.1. The van der Waals surface area contributed by atoms with Crippen molar-refractivity contribution in [2.75, 3.05) is 5.43 Å². The van der Waals surface area contributed by atoms with Crippen LogP contribution in [0.2, 0.25) is 0 Å². The van der Waals surface area contributed by atoms with E-state index >= 15 is 0 Å². The van der Waals surface area contributed by atoms with Crippen LogP contribution < -0.4 is 16.2 Å². The number of para-hydroxylation sites is 1. The van der Waals surface area contributed by atoms with E-state index in [0.29, 0.717) is 6.92 Å². The Morgan fingerprint density at radius 1 is 0.952 bits per heavy atom. The molecule has 0 bridgehead atoms. The van der Waals surface area contributed by atoms with E-state index in [4.69, 9.17) is 0 Å². The molecule has 118 valence electrons. The minimum atomic E-state index is -5.82. The molecular formula is C11H11F6N3O. The number of halogens is 6. The molecule has 1 rings (SSSR count). The van der Waals surface area contributed by atoms with Gasteiger partial charge in [0, 0.05) is 12.6 Å². The summed E-state index contributed by atoms with van der Waals surface area (Å²) in [6.07, 6.45) is -11.6. The Balaban J connectivity index is 3.14. The first-order valence-corrected chi connectivity index (χ1v) is 5.50. The maximum Gasteiger partial charge on any atom is 0.436 e. The van der Waals surface area contributed by atoms with Gasteiger partial charge in [-0.05, 0) is 12.1 Å². The van der Waals surface area contributed by atoms with Gasteiger partial charge >= 0.3 is 18.0 Å². The fourth-order valence-corrected chi connectivity index (χ4v) is 1.43. The van der Waals surface area contributed by atoms with E-state index < -0.39 is 23.9 Å². The van der Waals surface area contributed by atoms with E-state index in [-0.39, 0.29) is 5.69 Å². The van der Waals surface area contributed by atoms with Crippen molar-refractivity contribution in [3.05, 3.63) is 30.3 Å². The molecule has 1 amide bonds. The van der Waals surface area contributed by atoms with Crippen molar-refractivity contribution in [2.24, 2.45) is 0 Å². The quantitative estimate of drug-likeness (QED) is 0.455. The zero-order valence-corrected chi connectivity index (χ0v) is 10.6. The van der Waals surface area contributed by atoms with Gasteiger partial charge in [-0.15, -0.1) is 0 Å². The zero-order valence-electron chi connectivity index (χ0n) is 10.6. The number of anilines is 1. The Kier molecular flexibility index (Phi) is 4.72. The molecule has 4 nitrogen and oxygen atoms in total. The predicted octanol–water partition coefficient (Wildman–Crippen LogP) is 2.56. The molecule has 0 saturated heterocycles. The third-order valence-corrected chi connectivity index (χ3v) is 2.38. The maximum absolute atomic E-state index is 12.9. The van der Waals surface area contributed by atoms with Gasteiger partial charge < -0.3 is 10.7 Å². The third-order valence-electron chi connectivity index (χ3n) is 2.38. The molecule has 0 spiro atoms. The van der Waals surface area contributed by atoms with Crippen molar-refractivity contribution >= 4 is 11.6 Å². The summed E-state index contributed by atoms with van der Waals surface area (Å²) in [5, 5.41) is 0.881. The van der Waals surface area contributed by atoms with Crippen molar-refractivity contribution < 1.29 is 31.1 Å². The van der Waals surface area contributed by atoms with Crippen molar-refractivity contribution in [2.45, 2.75) is 24.9 Å². The van der Waals surface area contributed by atoms with Crippen LogP contribution in [0.5, 0.6) is 0 Å². The lowest BCUT2D eigenvalue weighted by atomic mass is 10.1. The Morgan fingerprint density at radius 2 is 1.43 bits per heavy atom. The topological polar surface area (TPSA) is 53.2 Å². The molecule has 1 aromatic carbocycles. The lowest BCUT2D eigenvalue weighted by Crippen LogP contribution is -2.76. The standard InChI is InChI=1S/C11H11F6N3O/c1-7(21)18-9(10(12,13)14,11(15,16)17)20-19-8-5-3-2-4-6-8/h2-6,19-20H,1H3,(H,18,21). The summed E-state index contributed by atoms with van der Waals surface area (Å²) in [5.74, 6) is -1.49. The number of amides is 1. The minimum Gasteiger partial charge on any atom is -0.322 e. The van der Waals surface area contributed by atoms with Crippen molar-refractivity contribution in [3.63, 3.8) is 0 Å². The van der Waals surface area contributed by atoms with E-state index in [2.05, 4.69) is 0 Å². The molecule has 0 radical (unpaired) electrons. The van der Waals surface area contributed by atoms with Crippen LogP contribution in [0.1, 0.15) is 6.92 Å². The average molecular weight is 315 g/mol. The van der Waals surface area contributed by atoms with Crippen LogP contribution in [-0.2, 0) is 4.79 Å². The van der Waals surface area contributed by atoms with Crippen LogP contribution in [0.4, 0.5) is 32.0 Å². The molecule has 0 atom stereocenters. The predicted molar refractivity (Wildman–Crippen MR) is 61.9 cm³/mol. The highest BCUT2D eigenvalue weighted by Gasteiger charge is 2.72. The normalized spacial score (nSPS) is 12.9. The number of nitrogens with one attached hydrogen (secondary N) is 3. The van der Waals surface area contributed by atoms with Crippen LogP contribution in [0.15, 0.2) is 30.3 Å². The van der Waals surface area contributed by atoms with Crippen molar-refractivity contribution in [3.8, 4) is 0 Å². The van der Waals surface area contributed by atoms with E-state index in [1.807, 2.05) is 0 Å². The number of hydrazine groups is 1. The molecule has 21 heavy (non-hydrogen) atoms. The van der Waals surface area contributed by atoms with Gasteiger partial charge in [0.05, 0.1) is 0 Å². The molecule has 1 aromatic rings. The number of hydrogen-bond acceptors (Lipinski definition) is 3. The lowest BCUT2D eigenvalue weighted by molar-refractivity contribution is -0.314. The van der Waals surface area contributed by atoms with Gasteiger partial charge in [-0.25, -0.2) is 0 Å². The Bertz CT molecular complexity index is 471. The number of alkyl halides is 6. The van der Waals surface area contributed by atoms with Crippen molar-refractivity contribution in [1.29, 1.82) is 0 Å². The summed E-state index contributed by atoms with van der Waals surface area (Å²) < 4.78 is 77.4. The summed E-state index contributed by atoms with van der Waals surface area (Å²) in [5.41, 5.74) is -1.72. The second kappa shape index (κ2) is 5.80. The first-order valence-electron chi connectivity index (χ1n) is 5.50. The molecule has 0 aromatic heterocycles. The number of carbonyl (C=O) groups excluding carboxylic acids is 1. The summed E-state index contributed by atoms with van der Waals surface area (Å²) in [6.45, 7) is 0.552. The third kappa shape index (κ3) is 3.78. The molecule has 0 aliphatic carbocycles. The molecule has 0 aliphatic rings. The summed E-state index contributed by atoms with van der Waals surface area (Å²) >= 11 is 0. The van der Waals surface area contributed by atoms with Crippen LogP contribution >= 0.6 is 0 Å². The molecule has 0 heterocycles. The molecule has 0 fully saturated rings. The molecule has 3 N–H and O–H groups in total.